The number of pyridine rings is 1. The lowest BCUT2D eigenvalue weighted by atomic mass is 10.1. The molecule has 1 aliphatic heterocycles. The predicted octanol–water partition coefficient (Wildman–Crippen LogP) is 3.06. The van der Waals surface area contributed by atoms with Crippen molar-refractivity contribution in [2.24, 2.45) is 0 Å². The summed E-state index contributed by atoms with van der Waals surface area (Å²) in [5.41, 5.74) is 7.57. The Morgan fingerprint density at radius 2 is 2.04 bits per heavy atom. The number of nitro groups is 1. The average Bonchev–Trinajstić information content (AvgIpc) is 3.10. The van der Waals surface area contributed by atoms with E-state index in [2.05, 4.69) is 10.3 Å². The maximum atomic E-state index is 12.4. The van der Waals surface area contributed by atoms with Crippen LogP contribution in [0.3, 0.4) is 0 Å². The van der Waals surface area contributed by atoms with Crippen LogP contribution in [0.1, 0.15) is 18.4 Å². The van der Waals surface area contributed by atoms with Gasteiger partial charge in [0.2, 0.25) is 5.91 Å². The molecule has 3 N–H and O–H groups in total. The first-order chi connectivity index (χ1) is 12.5. The third kappa shape index (κ3) is 5.97. The van der Waals surface area contributed by atoms with Crippen molar-refractivity contribution in [1.82, 2.24) is 9.88 Å². The number of carbonyl (C=O) groups is 1. The molecule has 0 aliphatic carbocycles. The smallest absolute Gasteiger partial charge is 0.287 e. The van der Waals surface area contributed by atoms with E-state index in [1.165, 1.54) is 12.3 Å². The van der Waals surface area contributed by atoms with Crippen LogP contribution in [0.4, 0.5) is 17.2 Å². The Hall–Kier alpha value is -2.58. The molecule has 1 aromatic heterocycles. The Morgan fingerprint density at radius 3 is 2.68 bits per heavy atom. The molecule has 10 heteroatoms. The first-order valence-corrected chi connectivity index (χ1v) is 8.51. The number of aromatic nitrogens is 1. The fourth-order valence-corrected chi connectivity index (χ4v) is 3.05. The standard InChI is InChI=1S/C18H21N5O3.2ClH/c19-16-4-2-1-3-13(16)5-8-18(24)22-10-9-14(12-22)21-17-7-6-15(11-20-17)23(25)26;;/h1-4,6-7,11,14H,5,8-10,12,19H2,(H,20,21);2*1H. The van der Waals surface area contributed by atoms with Crippen LogP contribution in [0, 0.1) is 10.1 Å². The van der Waals surface area contributed by atoms with E-state index >= 15 is 0 Å². The van der Waals surface area contributed by atoms with Gasteiger partial charge in [0.25, 0.3) is 5.69 Å². The molecule has 0 bridgehead atoms. The fraction of sp³-hybridized carbons (Fsp3) is 0.333. The van der Waals surface area contributed by atoms with Gasteiger partial charge in [-0.1, -0.05) is 18.2 Å². The van der Waals surface area contributed by atoms with Crippen LogP contribution in [0.15, 0.2) is 42.6 Å². The zero-order valence-corrected chi connectivity index (χ0v) is 16.7. The lowest BCUT2D eigenvalue weighted by Crippen LogP contribution is -2.31. The molecule has 1 amide bonds. The molecule has 1 fully saturated rings. The van der Waals surface area contributed by atoms with Crippen molar-refractivity contribution in [3.05, 3.63) is 58.3 Å². The molecular formula is C18H23Cl2N5O3. The van der Waals surface area contributed by atoms with Gasteiger partial charge in [-0.25, -0.2) is 4.98 Å². The summed E-state index contributed by atoms with van der Waals surface area (Å²) in [5, 5.41) is 13.9. The molecule has 3 rings (SSSR count). The number of nitrogens with one attached hydrogen (secondary N) is 1. The van der Waals surface area contributed by atoms with Crippen LogP contribution in [0.5, 0.6) is 0 Å². The van der Waals surface area contributed by atoms with E-state index in [4.69, 9.17) is 5.73 Å². The second kappa shape index (κ2) is 10.7. The molecular weight excluding hydrogens is 405 g/mol. The maximum Gasteiger partial charge on any atom is 0.287 e. The van der Waals surface area contributed by atoms with E-state index in [9.17, 15) is 14.9 Å². The number of anilines is 2. The number of benzene rings is 1. The van der Waals surface area contributed by atoms with Crippen molar-refractivity contribution < 1.29 is 9.72 Å². The number of nitrogen functional groups attached to an aromatic ring is 1. The molecule has 1 aromatic carbocycles. The number of para-hydroxylation sites is 1. The number of rotatable bonds is 6. The number of nitrogens with two attached hydrogens (primary N) is 1. The molecule has 1 saturated heterocycles. The first-order valence-electron chi connectivity index (χ1n) is 8.51. The van der Waals surface area contributed by atoms with Crippen LogP contribution in [-0.4, -0.2) is 39.8 Å². The van der Waals surface area contributed by atoms with Gasteiger partial charge in [-0.2, -0.15) is 0 Å². The summed E-state index contributed by atoms with van der Waals surface area (Å²) >= 11 is 0. The van der Waals surface area contributed by atoms with E-state index in [1.54, 1.807) is 6.07 Å². The number of amides is 1. The zero-order valence-electron chi connectivity index (χ0n) is 15.1. The molecule has 1 unspecified atom stereocenters. The minimum absolute atomic E-state index is 0. The summed E-state index contributed by atoms with van der Waals surface area (Å²) < 4.78 is 0. The third-order valence-corrected chi connectivity index (χ3v) is 4.51. The minimum atomic E-state index is -0.480. The molecule has 1 atom stereocenters. The van der Waals surface area contributed by atoms with Crippen LogP contribution in [-0.2, 0) is 11.2 Å². The van der Waals surface area contributed by atoms with Crippen LogP contribution < -0.4 is 11.1 Å². The molecule has 0 spiro atoms. The maximum absolute atomic E-state index is 12.4. The molecule has 8 nitrogen and oxygen atoms in total. The molecule has 2 aromatic rings. The van der Waals surface area contributed by atoms with Gasteiger partial charge in [0.05, 0.1) is 4.92 Å². The summed E-state index contributed by atoms with van der Waals surface area (Å²) in [7, 11) is 0. The number of halogens is 2. The van der Waals surface area contributed by atoms with Gasteiger partial charge in [0, 0.05) is 37.3 Å². The van der Waals surface area contributed by atoms with Crippen LogP contribution >= 0.6 is 24.8 Å². The van der Waals surface area contributed by atoms with Crippen molar-refractivity contribution in [3.63, 3.8) is 0 Å². The molecule has 152 valence electrons. The normalized spacial score (nSPS) is 15.3. The largest absolute Gasteiger partial charge is 0.399 e. The number of nitrogens with zero attached hydrogens (tertiary/aromatic N) is 3. The highest BCUT2D eigenvalue weighted by Crippen LogP contribution is 2.19. The van der Waals surface area contributed by atoms with E-state index in [0.717, 1.165) is 12.0 Å². The number of carbonyl (C=O) groups excluding carboxylic acids is 1. The summed E-state index contributed by atoms with van der Waals surface area (Å²) in [4.78, 5) is 28.5. The molecule has 0 radical (unpaired) electrons. The molecule has 28 heavy (non-hydrogen) atoms. The van der Waals surface area contributed by atoms with Gasteiger partial charge in [0.1, 0.15) is 12.0 Å². The van der Waals surface area contributed by atoms with Crippen molar-refractivity contribution in [2.45, 2.75) is 25.3 Å². The minimum Gasteiger partial charge on any atom is -0.399 e. The molecule has 1 aliphatic rings. The average molecular weight is 428 g/mol. The monoisotopic (exact) mass is 427 g/mol. The highest BCUT2D eigenvalue weighted by atomic mass is 35.5. The highest BCUT2D eigenvalue weighted by Gasteiger charge is 2.26. The summed E-state index contributed by atoms with van der Waals surface area (Å²) in [6.45, 7) is 1.29. The number of likely N-dealkylation sites (tertiary alicyclic amines) is 1. The van der Waals surface area contributed by atoms with E-state index < -0.39 is 4.92 Å². The van der Waals surface area contributed by atoms with Gasteiger partial charge < -0.3 is 16.0 Å². The van der Waals surface area contributed by atoms with Crippen molar-refractivity contribution in [3.8, 4) is 0 Å². The van der Waals surface area contributed by atoms with Crippen molar-refractivity contribution in [1.29, 1.82) is 0 Å². The number of aryl methyl sites for hydroxylation is 1. The zero-order chi connectivity index (χ0) is 18.5. The topological polar surface area (TPSA) is 114 Å². The molecule has 0 saturated carbocycles. The summed E-state index contributed by atoms with van der Waals surface area (Å²) in [5.74, 6) is 0.682. The van der Waals surface area contributed by atoms with Crippen molar-refractivity contribution in [2.75, 3.05) is 24.1 Å². The van der Waals surface area contributed by atoms with Crippen LogP contribution in [0.25, 0.3) is 0 Å². The summed E-state index contributed by atoms with van der Waals surface area (Å²) in [6, 6.07) is 10.7. The summed E-state index contributed by atoms with van der Waals surface area (Å²) in [6.07, 6.45) is 3.10. The highest BCUT2D eigenvalue weighted by molar-refractivity contribution is 5.85. The fourth-order valence-electron chi connectivity index (χ4n) is 3.05. The lowest BCUT2D eigenvalue weighted by Gasteiger charge is -2.17. The first kappa shape index (κ1) is 23.5. The quantitative estimate of drug-likeness (QED) is 0.415. The Bertz CT molecular complexity index is 804. The van der Waals surface area contributed by atoms with E-state index in [-0.39, 0.29) is 42.5 Å². The number of hydrogen-bond donors (Lipinski definition) is 2. The van der Waals surface area contributed by atoms with E-state index in [1.807, 2.05) is 29.2 Å². The Morgan fingerprint density at radius 1 is 1.29 bits per heavy atom. The van der Waals surface area contributed by atoms with Crippen molar-refractivity contribution >= 4 is 47.9 Å². The Balaban J connectivity index is 0.00000196. The second-order valence-electron chi connectivity index (χ2n) is 6.33. The van der Waals surface area contributed by atoms with Gasteiger partial charge in [-0.15, -0.1) is 24.8 Å². The van der Waals surface area contributed by atoms with Gasteiger partial charge in [0.15, 0.2) is 0 Å². The van der Waals surface area contributed by atoms with Gasteiger partial charge in [-0.05, 0) is 30.5 Å². The lowest BCUT2D eigenvalue weighted by molar-refractivity contribution is -0.385. The Labute approximate surface area is 175 Å². The second-order valence-corrected chi connectivity index (χ2v) is 6.33. The molecule has 2 heterocycles. The SMILES string of the molecule is Cl.Cl.Nc1ccccc1CCC(=O)N1CCC(Nc2ccc([N+](=O)[O-])cn2)C1. The van der Waals surface area contributed by atoms with E-state index in [0.29, 0.717) is 37.4 Å². The Kier molecular flexibility index (Phi) is 8.94. The van der Waals surface area contributed by atoms with Gasteiger partial charge >= 0.3 is 0 Å². The van der Waals surface area contributed by atoms with Gasteiger partial charge in [-0.3, -0.25) is 14.9 Å². The van der Waals surface area contributed by atoms with Crippen LogP contribution in [0.2, 0.25) is 0 Å². The predicted molar refractivity (Wildman–Crippen MR) is 113 cm³/mol. The number of hydrogen-bond acceptors (Lipinski definition) is 6. The third-order valence-electron chi connectivity index (χ3n) is 4.51.